The molecule has 2 aromatic carbocycles. The zero-order chi connectivity index (χ0) is 30.3. The van der Waals surface area contributed by atoms with Gasteiger partial charge in [0.2, 0.25) is 0 Å². The van der Waals surface area contributed by atoms with Crippen LogP contribution < -0.4 is 15.5 Å². The van der Waals surface area contributed by atoms with E-state index >= 15 is 0 Å². The lowest BCUT2D eigenvalue weighted by atomic mass is 9.81. The predicted octanol–water partition coefficient (Wildman–Crippen LogP) is 6.71. The first-order valence-electron chi connectivity index (χ1n) is 16.9. The summed E-state index contributed by atoms with van der Waals surface area (Å²) in [7, 11) is 0. The van der Waals surface area contributed by atoms with Crippen LogP contribution in [0.15, 0.2) is 42.5 Å². The highest BCUT2D eigenvalue weighted by Crippen LogP contribution is 2.47. The second-order valence-electron chi connectivity index (χ2n) is 13.7. The summed E-state index contributed by atoms with van der Waals surface area (Å²) in [6.07, 6.45) is 11.7. The molecule has 0 spiro atoms. The van der Waals surface area contributed by atoms with E-state index in [4.69, 9.17) is 4.74 Å². The van der Waals surface area contributed by atoms with Crippen molar-refractivity contribution in [2.45, 2.75) is 95.9 Å². The highest BCUT2D eigenvalue weighted by atomic mass is 32.2. The Kier molecular flexibility index (Phi) is 8.81. The number of nitrogens with zero attached hydrogens (tertiary/aromatic N) is 3. The summed E-state index contributed by atoms with van der Waals surface area (Å²) in [6.45, 7) is 9.27. The molecule has 4 aliphatic rings. The van der Waals surface area contributed by atoms with Gasteiger partial charge in [0.1, 0.15) is 11.4 Å². The van der Waals surface area contributed by atoms with Gasteiger partial charge in [-0.05, 0) is 101 Å². The van der Waals surface area contributed by atoms with E-state index in [1.54, 1.807) is 18.9 Å². The molecule has 0 amide bonds. The van der Waals surface area contributed by atoms with Crippen molar-refractivity contribution >= 4 is 28.6 Å². The van der Waals surface area contributed by atoms with Crippen LogP contribution in [-0.4, -0.2) is 63.9 Å². The molecular weight excluding hydrogens is 566 g/mol. The van der Waals surface area contributed by atoms with Gasteiger partial charge < -0.3 is 14.2 Å². The Hall–Kier alpha value is -2.36. The molecule has 2 unspecified atom stereocenters. The SMILES string of the molecule is CSN1Cc2ccc3c(C4CCCCC4)c4n(c3c2)C[C@H](COc2ccccc2-4)C(C)NC(CCN2CCCC2)(C(C)=O)N1. The third-order valence-corrected chi connectivity index (χ3v) is 11.5. The number of ether oxygens (including phenoxy) is 1. The van der Waals surface area contributed by atoms with Crippen molar-refractivity contribution in [1.29, 1.82) is 0 Å². The molecular formula is C36H49N5O2S. The van der Waals surface area contributed by atoms with Crippen molar-refractivity contribution in [3.63, 3.8) is 0 Å². The molecule has 7 nitrogen and oxygen atoms in total. The molecule has 236 valence electrons. The molecule has 3 atom stereocenters. The Morgan fingerprint density at radius 1 is 1.07 bits per heavy atom. The molecule has 4 bridgehead atoms. The third kappa shape index (κ3) is 5.73. The van der Waals surface area contributed by atoms with Gasteiger partial charge in [0.25, 0.3) is 0 Å². The number of hydrogen-bond donors (Lipinski definition) is 2. The molecule has 44 heavy (non-hydrogen) atoms. The highest BCUT2D eigenvalue weighted by molar-refractivity contribution is 7.96. The quantitative estimate of drug-likeness (QED) is 0.299. The number of Topliss-reactive ketones (excluding diaryl/α,β-unsaturated/α-hetero) is 1. The molecule has 1 saturated heterocycles. The van der Waals surface area contributed by atoms with Crippen LogP contribution in [0.3, 0.4) is 0 Å². The van der Waals surface area contributed by atoms with Crippen molar-refractivity contribution in [3.8, 4) is 17.0 Å². The third-order valence-electron chi connectivity index (χ3n) is 10.8. The van der Waals surface area contributed by atoms with Crippen molar-refractivity contribution in [2.75, 3.05) is 32.5 Å². The van der Waals surface area contributed by atoms with Gasteiger partial charge in [0.15, 0.2) is 5.78 Å². The Bertz CT molecular complexity index is 1490. The summed E-state index contributed by atoms with van der Waals surface area (Å²) in [5.74, 6) is 1.83. The zero-order valence-electron chi connectivity index (χ0n) is 26.7. The van der Waals surface area contributed by atoms with E-state index in [1.807, 2.05) is 0 Å². The van der Waals surface area contributed by atoms with Gasteiger partial charge in [-0.25, -0.2) is 5.43 Å². The van der Waals surface area contributed by atoms with Crippen LogP contribution >= 0.6 is 11.9 Å². The first kappa shape index (κ1) is 30.3. The van der Waals surface area contributed by atoms with Gasteiger partial charge in [-0.2, -0.15) is 4.41 Å². The second kappa shape index (κ2) is 12.8. The van der Waals surface area contributed by atoms with Gasteiger partial charge in [-0.3, -0.25) is 10.1 Å². The van der Waals surface area contributed by atoms with Gasteiger partial charge in [0, 0.05) is 48.1 Å². The monoisotopic (exact) mass is 615 g/mol. The summed E-state index contributed by atoms with van der Waals surface area (Å²) in [6, 6.07) is 15.8. The van der Waals surface area contributed by atoms with Crippen molar-refractivity contribution in [1.82, 2.24) is 24.6 Å². The number of carbonyl (C=O) groups is 1. The normalized spacial score (nSPS) is 27.0. The molecule has 2 fully saturated rings. The standard InChI is InChI=1S/C36H49N5O2S/c1-25-29-23-40-32-21-27(22-41(44-3)38-36(37-25,26(2)42)17-20-39-18-9-10-19-39)15-16-30(32)34(28-11-5-4-6-12-28)35(40)31-13-7-8-14-33(31)43-24-29/h7-8,13-16,21,25,28-29,37-38H,4-6,9-12,17-20,22-24H2,1-3H3/t25?,29-,36?/m1/s1. The maximum atomic E-state index is 13.7. The van der Waals surface area contributed by atoms with E-state index in [1.165, 1.54) is 78.2 Å². The number of carbonyl (C=O) groups excluding carboxylic acids is 1. The fraction of sp³-hybridized carbons (Fsp3) is 0.583. The maximum absolute atomic E-state index is 13.7. The summed E-state index contributed by atoms with van der Waals surface area (Å²) in [5, 5.41) is 5.31. The smallest absolute Gasteiger partial charge is 0.165 e. The number of para-hydroxylation sites is 1. The average Bonchev–Trinajstić information content (AvgIpc) is 3.66. The lowest BCUT2D eigenvalue weighted by Gasteiger charge is -2.42. The number of fused-ring (bicyclic) bond motifs is 4. The Labute approximate surface area is 267 Å². The zero-order valence-corrected chi connectivity index (χ0v) is 27.6. The minimum absolute atomic E-state index is 0.0324. The molecule has 4 heterocycles. The van der Waals surface area contributed by atoms with E-state index in [9.17, 15) is 4.79 Å². The molecule has 1 aromatic heterocycles. The number of hydrogen-bond acceptors (Lipinski definition) is 7. The molecule has 1 aliphatic carbocycles. The van der Waals surface area contributed by atoms with E-state index in [0.717, 1.165) is 31.9 Å². The molecule has 3 aromatic rings. The Morgan fingerprint density at radius 2 is 1.86 bits per heavy atom. The van der Waals surface area contributed by atoms with Crippen LogP contribution in [-0.2, 0) is 17.9 Å². The number of hydrazine groups is 1. The minimum Gasteiger partial charge on any atom is -0.492 e. The summed E-state index contributed by atoms with van der Waals surface area (Å²) in [5.41, 5.74) is 9.54. The fourth-order valence-electron chi connectivity index (χ4n) is 8.26. The van der Waals surface area contributed by atoms with Crippen LogP contribution in [0.4, 0.5) is 0 Å². The van der Waals surface area contributed by atoms with Gasteiger partial charge >= 0.3 is 0 Å². The van der Waals surface area contributed by atoms with Gasteiger partial charge in [-0.1, -0.05) is 55.5 Å². The average molecular weight is 616 g/mol. The number of nitrogens with one attached hydrogen (secondary N) is 2. The number of likely N-dealkylation sites (tertiary alicyclic amines) is 1. The second-order valence-corrected chi connectivity index (χ2v) is 14.5. The molecule has 8 heteroatoms. The van der Waals surface area contributed by atoms with Crippen LogP contribution in [0.2, 0.25) is 0 Å². The lowest BCUT2D eigenvalue weighted by molar-refractivity contribution is -0.128. The highest BCUT2D eigenvalue weighted by Gasteiger charge is 2.41. The first-order valence-corrected chi connectivity index (χ1v) is 18.1. The number of aromatic nitrogens is 1. The maximum Gasteiger partial charge on any atom is 0.165 e. The summed E-state index contributed by atoms with van der Waals surface area (Å²) < 4.78 is 11.5. The molecule has 3 aliphatic heterocycles. The Balaban J connectivity index is 1.38. The van der Waals surface area contributed by atoms with Crippen LogP contribution in [0.1, 0.15) is 82.3 Å². The largest absolute Gasteiger partial charge is 0.492 e. The fourth-order valence-corrected chi connectivity index (χ4v) is 8.79. The summed E-state index contributed by atoms with van der Waals surface area (Å²) >= 11 is 1.65. The summed E-state index contributed by atoms with van der Waals surface area (Å²) in [4.78, 5) is 16.2. The van der Waals surface area contributed by atoms with Crippen molar-refractivity contribution in [3.05, 3.63) is 53.6 Å². The lowest BCUT2D eigenvalue weighted by Crippen LogP contribution is -2.68. The van der Waals surface area contributed by atoms with Crippen LogP contribution in [0, 0.1) is 5.92 Å². The number of benzene rings is 2. The minimum atomic E-state index is -0.871. The number of rotatable bonds is 6. The molecule has 0 radical (unpaired) electrons. The molecule has 2 N–H and O–H groups in total. The van der Waals surface area contributed by atoms with Crippen molar-refractivity contribution in [2.24, 2.45) is 5.92 Å². The Morgan fingerprint density at radius 3 is 2.64 bits per heavy atom. The predicted molar refractivity (Wildman–Crippen MR) is 181 cm³/mol. The van der Waals surface area contributed by atoms with E-state index in [2.05, 4.69) is 80.3 Å². The topological polar surface area (TPSA) is 61.8 Å². The van der Waals surface area contributed by atoms with Gasteiger partial charge in [0.05, 0.1) is 12.3 Å². The van der Waals surface area contributed by atoms with Gasteiger partial charge in [-0.15, -0.1) is 0 Å². The van der Waals surface area contributed by atoms with Crippen LogP contribution in [0.5, 0.6) is 5.75 Å². The van der Waals surface area contributed by atoms with Crippen molar-refractivity contribution < 1.29 is 9.53 Å². The molecule has 7 rings (SSSR count). The van der Waals surface area contributed by atoms with E-state index in [-0.39, 0.29) is 17.7 Å². The van der Waals surface area contributed by atoms with Crippen LogP contribution in [0.25, 0.3) is 22.2 Å². The first-order chi connectivity index (χ1) is 21.5. The van der Waals surface area contributed by atoms with E-state index < -0.39 is 5.66 Å². The van der Waals surface area contributed by atoms with E-state index in [0.29, 0.717) is 25.5 Å². The molecule has 1 saturated carbocycles. The number of ketones is 1.